The third-order valence-corrected chi connectivity index (χ3v) is 6.65. The molecule has 1 aliphatic rings. The summed E-state index contributed by atoms with van der Waals surface area (Å²) in [5, 5.41) is 14.3. The van der Waals surface area contributed by atoms with E-state index in [0.717, 1.165) is 70.6 Å². The van der Waals surface area contributed by atoms with Gasteiger partial charge in [-0.3, -0.25) is 10.1 Å². The number of hydrogen-bond acceptors (Lipinski definition) is 5. The zero-order chi connectivity index (χ0) is 19.2. The van der Waals surface area contributed by atoms with E-state index in [1.165, 1.54) is 4.88 Å². The summed E-state index contributed by atoms with van der Waals surface area (Å²) >= 11 is 1.73. The van der Waals surface area contributed by atoms with Crippen molar-refractivity contribution in [1.29, 1.82) is 0 Å². The number of imidazole rings is 1. The van der Waals surface area contributed by atoms with Gasteiger partial charge in [-0.15, -0.1) is 11.3 Å². The van der Waals surface area contributed by atoms with Gasteiger partial charge in [-0.25, -0.2) is 4.98 Å². The summed E-state index contributed by atoms with van der Waals surface area (Å²) in [5.41, 5.74) is 6.10. The van der Waals surface area contributed by atoms with Crippen LogP contribution in [0.4, 0.5) is 0 Å². The number of thiophene rings is 1. The lowest BCUT2D eigenvalue weighted by molar-refractivity contribution is 0.453. The number of nitrogens with zero attached hydrogens (tertiary/aromatic N) is 3. The van der Waals surface area contributed by atoms with Crippen LogP contribution >= 0.6 is 11.3 Å². The lowest BCUT2D eigenvalue weighted by Crippen LogP contribution is -2.27. The Hall–Kier alpha value is -3.03. The van der Waals surface area contributed by atoms with Crippen LogP contribution in [0.25, 0.3) is 43.9 Å². The van der Waals surface area contributed by atoms with Crippen LogP contribution in [0.5, 0.6) is 0 Å². The number of aromatic amines is 2. The molecule has 144 valence electrons. The third kappa shape index (κ3) is 2.85. The van der Waals surface area contributed by atoms with E-state index in [4.69, 9.17) is 9.97 Å². The van der Waals surface area contributed by atoms with E-state index < -0.39 is 0 Å². The molecule has 6 nitrogen and oxygen atoms in total. The van der Waals surface area contributed by atoms with E-state index in [2.05, 4.69) is 62.3 Å². The molecule has 4 aromatic heterocycles. The molecule has 29 heavy (non-hydrogen) atoms. The second-order valence-corrected chi connectivity index (χ2v) is 8.46. The number of pyridine rings is 1. The number of nitrogens with one attached hydrogen (secondary N) is 3. The number of piperidine rings is 1. The Kier molecular flexibility index (Phi) is 3.95. The summed E-state index contributed by atoms with van der Waals surface area (Å²) in [6.45, 7) is 2.11. The molecule has 1 aromatic carbocycles. The van der Waals surface area contributed by atoms with E-state index >= 15 is 0 Å². The van der Waals surface area contributed by atoms with Crippen molar-refractivity contribution in [2.45, 2.75) is 18.8 Å². The van der Waals surface area contributed by atoms with Crippen molar-refractivity contribution >= 4 is 33.3 Å². The second kappa shape index (κ2) is 6.79. The number of para-hydroxylation sites is 1. The fourth-order valence-electron chi connectivity index (χ4n) is 4.23. The van der Waals surface area contributed by atoms with Gasteiger partial charge in [-0.2, -0.15) is 5.10 Å². The molecule has 3 N–H and O–H groups in total. The van der Waals surface area contributed by atoms with E-state index in [9.17, 15) is 0 Å². The number of H-pyrrole nitrogens is 2. The van der Waals surface area contributed by atoms with E-state index in [1.807, 2.05) is 6.20 Å². The standard InChI is InChI=1S/C22H20N6S/c1-3-14(19-5-2-10-29-19)20-16(4-1)25-22(26-20)21-15-11-17(13-6-8-23-9-7-13)24-12-18(15)27-28-21/h1-5,10-13,23H,6-9H2,(H,25,26)(H,27,28). The monoisotopic (exact) mass is 400 g/mol. The smallest absolute Gasteiger partial charge is 0.159 e. The summed E-state index contributed by atoms with van der Waals surface area (Å²) < 4.78 is 0. The molecule has 0 unspecified atom stereocenters. The van der Waals surface area contributed by atoms with Crippen LogP contribution in [-0.2, 0) is 0 Å². The van der Waals surface area contributed by atoms with Crippen LogP contribution in [0.15, 0.2) is 48.0 Å². The van der Waals surface area contributed by atoms with Crippen LogP contribution < -0.4 is 5.32 Å². The van der Waals surface area contributed by atoms with Gasteiger partial charge >= 0.3 is 0 Å². The first-order valence-corrected chi connectivity index (χ1v) is 10.8. The zero-order valence-electron chi connectivity index (χ0n) is 15.8. The van der Waals surface area contributed by atoms with Gasteiger partial charge in [0, 0.05) is 27.4 Å². The molecule has 0 atom stereocenters. The van der Waals surface area contributed by atoms with Gasteiger partial charge < -0.3 is 10.3 Å². The summed E-state index contributed by atoms with van der Waals surface area (Å²) in [7, 11) is 0. The number of fused-ring (bicyclic) bond motifs is 2. The van der Waals surface area contributed by atoms with Crippen LogP contribution in [0.2, 0.25) is 0 Å². The normalized spacial score (nSPS) is 15.4. The van der Waals surface area contributed by atoms with Gasteiger partial charge in [0.05, 0.1) is 22.7 Å². The molecule has 0 spiro atoms. The van der Waals surface area contributed by atoms with Crippen LogP contribution in [-0.4, -0.2) is 38.2 Å². The van der Waals surface area contributed by atoms with Crippen molar-refractivity contribution < 1.29 is 0 Å². The Morgan fingerprint density at radius 3 is 2.83 bits per heavy atom. The zero-order valence-corrected chi connectivity index (χ0v) is 16.6. The van der Waals surface area contributed by atoms with Gasteiger partial charge in [-0.05, 0) is 49.5 Å². The van der Waals surface area contributed by atoms with E-state index in [1.54, 1.807) is 11.3 Å². The third-order valence-electron chi connectivity index (χ3n) is 5.75. The minimum Gasteiger partial charge on any atom is -0.337 e. The second-order valence-electron chi connectivity index (χ2n) is 7.52. The van der Waals surface area contributed by atoms with Crippen molar-refractivity contribution in [3.63, 3.8) is 0 Å². The molecule has 0 amide bonds. The van der Waals surface area contributed by atoms with Crippen molar-refractivity contribution in [3.8, 4) is 22.0 Å². The SMILES string of the molecule is c1csc(-c2cccc3[nH]c(-c4n[nH]c5cnc(C6CCNCC6)cc45)nc23)c1. The fourth-order valence-corrected chi connectivity index (χ4v) is 4.98. The quantitative estimate of drug-likeness (QED) is 0.410. The van der Waals surface area contributed by atoms with Crippen LogP contribution in [0.1, 0.15) is 24.5 Å². The molecule has 5 heterocycles. The van der Waals surface area contributed by atoms with Crippen LogP contribution in [0.3, 0.4) is 0 Å². The Morgan fingerprint density at radius 2 is 1.97 bits per heavy atom. The maximum atomic E-state index is 4.94. The molecular weight excluding hydrogens is 380 g/mol. The number of rotatable bonds is 3. The lowest BCUT2D eigenvalue weighted by atomic mass is 9.93. The summed E-state index contributed by atoms with van der Waals surface area (Å²) in [5.74, 6) is 1.29. The van der Waals surface area contributed by atoms with E-state index in [-0.39, 0.29) is 0 Å². The first-order valence-electron chi connectivity index (χ1n) is 9.94. The first kappa shape index (κ1) is 16.9. The molecule has 0 saturated carbocycles. The molecule has 6 rings (SSSR count). The predicted molar refractivity (Wildman–Crippen MR) is 117 cm³/mol. The topological polar surface area (TPSA) is 82.3 Å². The van der Waals surface area contributed by atoms with Crippen LogP contribution in [0, 0.1) is 0 Å². The molecule has 5 aromatic rings. The molecule has 1 aliphatic heterocycles. The summed E-state index contributed by atoms with van der Waals surface area (Å²) in [4.78, 5) is 14.3. The average molecular weight is 401 g/mol. The Morgan fingerprint density at radius 1 is 1.03 bits per heavy atom. The minimum absolute atomic E-state index is 0.504. The van der Waals surface area contributed by atoms with Gasteiger partial charge in [0.25, 0.3) is 0 Å². The first-order chi connectivity index (χ1) is 14.4. The molecule has 7 heteroatoms. The Bertz CT molecular complexity index is 1290. The van der Waals surface area contributed by atoms with E-state index in [0.29, 0.717) is 5.92 Å². The number of hydrogen-bond donors (Lipinski definition) is 3. The average Bonchev–Trinajstić information content (AvgIpc) is 3.52. The number of benzene rings is 1. The minimum atomic E-state index is 0.504. The lowest BCUT2D eigenvalue weighted by Gasteiger charge is -2.21. The van der Waals surface area contributed by atoms with Crippen molar-refractivity contribution in [1.82, 2.24) is 30.5 Å². The highest BCUT2D eigenvalue weighted by Crippen LogP contribution is 2.34. The molecule has 0 radical (unpaired) electrons. The molecular formula is C22H20N6S. The highest BCUT2D eigenvalue weighted by molar-refractivity contribution is 7.13. The summed E-state index contributed by atoms with van der Waals surface area (Å²) in [6.07, 6.45) is 4.16. The summed E-state index contributed by atoms with van der Waals surface area (Å²) in [6, 6.07) is 12.7. The largest absolute Gasteiger partial charge is 0.337 e. The predicted octanol–water partition coefficient (Wildman–Crippen LogP) is 4.70. The Balaban J connectivity index is 1.48. The molecule has 1 saturated heterocycles. The molecule has 0 aliphatic carbocycles. The number of aromatic nitrogens is 5. The highest BCUT2D eigenvalue weighted by atomic mass is 32.1. The van der Waals surface area contributed by atoms with Crippen molar-refractivity contribution in [3.05, 3.63) is 53.7 Å². The van der Waals surface area contributed by atoms with Gasteiger partial charge in [0.2, 0.25) is 0 Å². The van der Waals surface area contributed by atoms with Crippen molar-refractivity contribution in [2.24, 2.45) is 0 Å². The van der Waals surface area contributed by atoms with Gasteiger partial charge in [0.1, 0.15) is 5.69 Å². The fraction of sp³-hybridized carbons (Fsp3) is 0.227. The van der Waals surface area contributed by atoms with Gasteiger partial charge in [-0.1, -0.05) is 18.2 Å². The maximum absolute atomic E-state index is 4.94. The maximum Gasteiger partial charge on any atom is 0.159 e. The highest BCUT2D eigenvalue weighted by Gasteiger charge is 2.20. The van der Waals surface area contributed by atoms with Crippen molar-refractivity contribution in [2.75, 3.05) is 13.1 Å². The van der Waals surface area contributed by atoms with Gasteiger partial charge in [0.15, 0.2) is 5.82 Å². The molecule has 1 fully saturated rings. The Labute approximate surface area is 171 Å². The molecule has 0 bridgehead atoms.